The maximum Gasteiger partial charge on any atom is 0.290 e. The number of piperazine rings is 1. The lowest BCUT2D eigenvalue weighted by atomic mass is 10.1. The third kappa shape index (κ3) is 3.12. The fraction of sp³-hybridized carbons (Fsp3) is 0.238. The summed E-state index contributed by atoms with van der Waals surface area (Å²) < 4.78 is 7.31. The number of nitrogens with zero attached hydrogens (tertiary/aromatic N) is 6. The highest BCUT2D eigenvalue weighted by Crippen LogP contribution is 2.26. The molecule has 0 saturated carbocycles. The van der Waals surface area contributed by atoms with E-state index in [1.165, 1.54) is 6.33 Å². The van der Waals surface area contributed by atoms with Gasteiger partial charge in [-0.2, -0.15) is 14.6 Å². The number of aromatic nitrogens is 4. The summed E-state index contributed by atoms with van der Waals surface area (Å²) >= 11 is 0. The largest absolute Gasteiger partial charge is 0.459 e. The van der Waals surface area contributed by atoms with Crippen LogP contribution in [0.3, 0.4) is 0 Å². The van der Waals surface area contributed by atoms with Gasteiger partial charge in [-0.3, -0.25) is 4.79 Å². The van der Waals surface area contributed by atoms with Crippen molar-refractivity contribution in [2.45, 2.75) is 6.92 Å². The lowest BCUT2D eigenvalue weighted by molar-refractivity contribution is 0.0715. The van der Waals surface area contributed by atoms with Gasteiger partial charge < -0.3 is 14.2 Å². The highest BCUT2D eigenvalue weighted by molar-refractivity contribution is 5.98. The SMILES string of the molecule is Cc1cc(N2CCN(C(=O)c3occc3-c3ccccc3)CC2)n2ncnc2n1. The summed E-state index contributed by atoms with van der Waals surface area (Å²) in [5, 5.41) is 4.28. The molecule has 8 nitrogen and oxygen atoms in total. The first kappa shape index (κ1) is 17.4. The summed E-state index contributed by atoms with van der Waals surface area (Å²) in [7, 11) is 0. The molecule has 1 aromatic carbocycles. The molecule has 8 heteroatoms. The van der Waals surface area contributed by atoms with Crippen molar-refractivity contribution < 1.29 is 9.21 Å². The molecule has 29 heavy (non-hydrogen) atoms. The van der Waals surface area contributed by atoms with Crippen LogP contribution >= 0.6 is 0 Å². The molecule has 5 rings (SSSR count). The number of benzene rings is 1. The Hall–Kier alpha value is -3.68. The van der Waals surface area contributed by atoms with Gasteiger partial charge in [-0.05, 0) is 18.6 Å². The van der Waals surface area contributed by atoms with Crippen LogP contribution in [-0.4, -0.2) is 56.6 Å². The van der Waals surface area contributed by atoms with Gasteiger partial charge in [0.25, 0.3) is 11.7 Å². The first-order chi connectivity index (χ1) is 14.2. The van der Waals surface area contributed by atoms with E-state index >= 15 is 0 Å². The van der Waals surface area contributed by atoms with Crippen molar-refractivity contribution in [3.05, 3.63) is 66.5 Å². The van der Waals surface area contributed by atoms with E-state index in [0.717, 1.165) is 22.6 Å². The smallest absolute Gasteiger partial charge is 0.290 e. The lowest BCUT2D eigenvalue weighted by Crippen LogP contribution is -2.49. The zero-order valence-electron chi connectivity index (χ0n) is 16.0. The van der Waals surface area contributed by atoms with E-state index in [9.17, 15) is 4.79 Å². The van der Waals surface area contributed by atoms with Gasteiger partial charge in [0.1, 0.15) is 12.1 Å². The van der Waals surface area contributed by atoms with Crippen LogP contribution in [0, 0.1) is 6.92 Å². The van der Waals surface area contributed by atoms with Gasteiger partial charge in [0.2, 0.25) is 0 Å². The summed E-state index contributed by atoms with van der Waals surface area (Å²) in [6.07, 6.45) is 3.08. The molecule has 0 N–H and O–H groups in total. The maximum absolute atomic E-state index is 13.1. The third-order valence-corrected chi connectivity index (χ3v) is 5.20. The monoisotopic (exact) mass is 388 g/mol. The van der Waals surface area contributed by atoms with Crippen molar-refractivity contribution in [1.82, 2.24) is 24.5 Å². The molecule has 0 radical (unpaired) electrons. The molecule has 1 aliphatic heterocycles. The summed E-state index contributed by atoms with van der Waals surface area (Å²) in [6.45, 7) is 4.55. The second kappa shape index (κ2) is 7.05. The van der Waals surface area contributed by atoms with E-state index in [1.54, 1.807) is 10.8 Å². The minimum absolute atomic E-state index is 0.0784. The molecular weight excluding hydrogens is 368 g/mol. The average molecular weight is 388 g/mol. The van der Waals surface area contributed by atoms with Crippen LogP contribution in [0.4, 0.5) is 5.82 Å². The number of fused-ring (bicyclic) bond motifs is 1. The first-order valence-corrected chi connectivity index (χ1v) is 9.55. The first-order valence-electron chi connectivity index (χ1n) is 9.55. The normalized spacial score (nSPS) is 14.5. The van der Waals surface area contributed by atoms with Crippen molar-refractivity contribution >= 4 is 17.5 Å². The van der Waals surface area contributed by atoms with E-state index in [4.69, 9.17) is 4.42 Å². The van der Waals surface area contributed by atoms with Crippen LogP contribution in [0.5, 0.6) is 0 Å². The Labute approximate surface area is 167 Å². The molecule has 1 amide bonds. The number of furan rings is 1. The quantitative estimate of drug-likeness (QED) is 0.537. The fourth-order valence-corrected chi connectivity index (χ4v) is 3.74. The molecule has 0 spiro atoms. The van der Waals surface area contributed by atoms with E-state index < -0.39 is 0 Å². The molecule has 0 unspecified atom stereocenters. The number of aryl methyl sites for hydroxylation is 1. The van der Waals surface area contributed by atoms with Gasteiger partial charge in [-0.1, -0.05) is 30.3 Å². The van der Waals surface area contributed by atoms with Gasteiger partial charge in [0.15, 0.2) is 5.76 Å². The predicted octanol–water partition coefficient (Wildman–Crippen LogP) is 2.66. The molecule has 0 bridgehead atoms. The number of amides is 1. The van der Waals surface area contributed by atoms with Gasteiger partial charge in [-0.15, -0.1) is 0 Å². The van der Waals surface area contributed by atoms with Gasteiger partial charge >= 0.3 is 0 Å². The molecule has 0 atom stereocenters. The van der Waals surface area contributed by atoms with Crippen molar-refractivity contribution in [1.29, 1.82) is 0 Å². The van der Waals surface area contributed by atoms with Gasteiger partial charge in [0, 0.05) is 43.5 Å². The molecule has 1 aliphatic rings. The minimum Gasteiger partial charge on any atom is -0.459 e. The number of carbonyl (C=O) groups is 1. The van der Waals surface area contributed by atoms with Crippen molar-refractivity contribution in [2.24, 2.45) is 0 Å². The maximum atomic E-state index is 13.1. The summed E-state index contributed by atoms with van der Waals surface area (Å²) in [6, 6.07) is 13.7. The van der Waals surface area contributed by atoms with E-state index in [0.29, 0.717) is 37.7 Å². The van der Waals surface area contributed by atoms with E-state index in [1.807, 2.05) is 54.3 Å². The van der Waals surface area contributed by atoms with Crippen LogP contribution in [0.25, 0.3) is 16.9 Å². The Kier molecular flexibility index (Phi) is 4.23. The Bertz CT molecular complexity index is 1160. The highest BCUT2D eigenvalue weighted by atomic mass is 16.3. The molecule has 4 heterocycles. The highest BCUT2D eigenvalue weighted by Gasteiger charge is 2.27. The van der Waals surface area contributed by atoms with Crippen molar-refractivity contribution in [3.63, 3.8) is 0 Å². The number of rotatable bonds is 3. The van der Waals surface area contributed by atoms with Crippen LogP contribution < -0.4 is 4.90 Å². The molecule has 0 aliphatic carbocycles. The van der Waals surface area contributed by atoms with Gasteiger partial charge in [0.05, 0.1) is 6.26 Å². The van der Waals surface area contributed by atoms with Crippen LogP contribution in [0.15, 0.2) is 59.5 Å². The molecule has 3 aromatic heterocycles. The Balaban J connectivity index is 1.34. The molecule has 4 aromatic rings. The van der Waals surface area contributed by atoms with Crippen LogP contribution in [0.2, 0.25) is 0 Å². The Morgan fingerprint density at radius 1 is 1.07 bits per heavy atom. The zero-order valence-corrected chi connectivity index (χ0v) is 16.0. The van der Waals surface area contributed by atoms with Crippen LogP contribution in [-0.2, 0) is 0 Å². The number of anilines is 1. The van der Waals surface area contributed by atoms with Crippen molar-refractivity contribution in [3.8, 4) is 11.1 Å². The number of carbonyl (C=O) groups excluding carboxylic acids is 1. The fourth-order valence-electron chi connectivity index (χ4n) is 3.74. The van der Waals surface area contributed by atoms with Gasteiger partial charge in [-0.25, -0.2) is 4.98 Å². The summed E-state index contributed by atoms with van der Waals surface area (Å²) in [5.74, 6) is 1.84. The Morgan fingerprint density at radius 3 is 2.66 bits per heavy atom. The summed E-state index contributed by atoms with van der Waals surface area (Å²) in [4.78, 5) is 25.7. The number of hydrogen-bond donors (Lipinski definition) is 0. The molecular formula is C21H20N6O2. The molecule has 146 valence electrons. The minimum atomic E-state index is -0.0784. The summed E-state index contributed by atoms with van der Waals surface area (Å²) in [5.41, 5.74) is 2.69. The van der Waals surface area contributed by atoms with Crippen LogP contribution in [0.1, 0.15) is 16.2 Å². The van der Waals surface area contributed by atoms with E-state index in [2.05, 4.69) is 20.0 Å². The topological polar surface area (TPSA) is 79.8 Å². The zero-order chi connectivity index (χ0) is 19.8. The third-order valence-electron chi connectivity index (χ3n) is 5.20. The molecule has 1 fully saturated rings. The predicted molar refractivity (Wildman–Crippen MR) is 108 cm³/mol. The second-order valence-electron chi connectivity index (χ2n) is 7.04. The average Bonchev–Trinajstić information content (AvgIpc) is 3.43. The molecule has 1 saturated heterocycles. The second-order valence-corrected chi connectivity index (χ2v) is 7.04. The standard InChI is InChI=1S/C21H20N6O2/c1-15-13-18(27-21(24-15)22-14-23-27)25-8-10-26(11-9-25)20(28)19-17(7-12-29-19)16-5-3-2-4-6-16/h2-7,12-14H,8-11H2,1H3. The number of hydrogen-bond acceptors (Lipinski definition) is 6. The lowest BCUT2D eigenvalue weighted by Gasteiger charge is -2.35. The Morgan fingerprint density at radius 2 is 1.86 bits per heavy atom. The van der Waals surface area contributed by atoms with Crippen molar-refractivity contribution in [2.75, 3.05) is 31.1 Å². The van der Waals surface area contributed by atoms with E-state index in [-0.39, 0.29) is 5.91 Å².